The van der Waals surface area contributed by atoms with Gasteiger partial charge in [-0.25, -0.2) is 0 Å². The monoisotopic (exact) mass is 394 g/mol. The van der Waals surface area contributed by atoms with E-state index >= 15 is 0 Å². The summed E-state index contributed by atoms with van der Waals surface area (Å²) in [7, 11) is 0. The van der Waals surface area contributed by atoms with Crippen LogP contribution in [0.1, 0.15) is 29.7 Å². The zero-order chi connectivity index (χ0) is 19.3. The summed E-state index contributed by atoms with van der Waals surface area (Å²) in [5.74, 6) is 0.198. The average Bonchev–Trinajstić information content (AvgIpc) is 2.63. The predicted octanol–water partition coefficient (Wildman–Crippen LogP) is 5.11. The van der Waals surface area contributed by atoms with E-state index in [9.17, 15) is 9.90 Å². The Bertz CT molecular complexity index is 1240. The third kappa shape index (κ3) is 3.05. The second kappa shape index (κ2) is 7.30. The van der Waals surface area contributed by atoms with E-state index in [2.05, 4.69) is 4.98 Å². The number of aromatic nitrogens is 1. The van der Waals surface area contributed by atoms with Gasteiger partial charge in [-0.2, -0.15) is 0 Å². The molecule has 28 heavy (non-hydrogen) atoms. The van der Waals surface area contributed by atoms with Crippen LogP contribution in [0, 0.1) is 13.8 Å². The lowest BCUT2D eigenvalue weighted by Gasteiger charge is -2.15. The highest BCUT2D eigenvalue weighted by molar-refractivity contribution is 6.15. The van der Waals surface area contributed by atoms with Crippen LogP contribution in [0.3, 0.4) is 0 Å². The van der Waals surface area contributed by atoms with E-state index in [1.165, 1.54) is 0 Å². The van der Waals surface area contributed by atoms with Crippen molar-refractivity contribution < 1.29 is 5.11 Å². The van der Waals surface area contributed by atoms with E-state index in [4.69, 9.17) is 5.73 Å². The van der Waals surface area contributed by atoms with Gasteiger partial charge in [0, 0.05) is 17.0 Å². The van der Waals surface area contributed by atoms with E-state index in [1.807, 2.05) is 63.2 Å². The van der Waals surface area contributed by atoms with Gasteiger partial charge in [-0.3, -0.25) is 4.79 Å². The summed E-state index contributed by atoms with van der Waals surface area (Å²) in [5, 5.41) is 13.2. The van der Waals surface area contributed by atoms with Crippen molar-refractivity contribution in [2.75, 3.05) is 0 Å². The number of phenols is 1. The number of phenolic OH excluding ortho intramolecular Hbond substituents is 1. The van der Waals surface area contributed by atoms with Crippen LogP contribution < -0.4 is 11.3 Å². The van der Waals surface area contributed by atoms with Crippen molar-refractivity contribution in [3.8, 4) is 16.9 Å². The highest BCUT2D eigenvalue weighted by Gasteiger charge is 2.17. The molecule has 0 saturated carbocycles. The molecule has 3 aromatic carbocycles. The minimum Gasteiger partial charge on any atom is -0.507 e. The molecule has 1 atom stereocenters. The largest absolute Gasteiger partial charge is 0.507 e. The molecule has 0 aliphatic carbocycles. The summed E-state index contributed by atoms with van der Waals surface area (Å²) in [6.07, 6.45) is 0. The highest BCUT2D eigenvalue weighted by Crippen LogP contribution is 2.40. The second-order valence-electron chi connectivity index (χ2n) is 7.20. The molecule has 4 nitrogen and oxygen atoms in total. The molecule has 0 aliphatic rings. The first kappa shape index (κ1) is 19.9. The number of hydrogen-bond donors (Lipinski definition) is 3. The van der Waals surface area contributed by atoms with Crippen molar-refractivity contribution in [3.63, 3.8) is 0 Å². The van der Waals surface area contributed by atoms with Gasteiger partial charge in [0.2, 0.25) is 0 Å². The van der Waals surface area contributed by atoms with Crippen molar-refractivity contribution in [1.82, 2.24) is 4.98 Å². The summed E-state index contributed by atoms with van der Waals surface area (Å²) >= 11 is 0. The molecular formula is C23H23ClN2O2. The van der Waals surface area contributed by atoms with Crippen molar-refractivity contribution in [1.29, 1.82) is 0 Å². The molecule has 0 radical (unpaired) electrons. The van der Waals surface area contributed by atoms with Crippen LogP contribution in [0.4, 0.5) is 0 Å². The van der Waals surface area contributed by atoms with E-state index < -0.39 is 0 Å². The molecule has 0 aliphatic heterocycles. The van der Waals surface area contributed by atoms with Gasteiger partial charge in [-0.1, -0.05) is 42.5 Å². The van der Waals surface area contributed by atoms with Crippen LogP contribution in [0.5, 0.6) is 5.75 Å². The van der Waals surface area contributed by atoms with Gasteiger partial charge in [-0.05, 0) is 54.5 Å². The fourth-order valence-electron chi connectivity index (χ4n) is 3.83. The quantitative estimate of drug-likeness (QED) is 0.413. The lowest BCUT2D eigenvalue weighted by Crippen LogP contribution is -2.09. The van der Waals surface area contributed by atoms with Gasteiger partial charge < -0.3 is 15.8 Å². The number of aromatic hydroxyl groups is 1. The third-order valence-corrected chi connectivity index (χ3v) is 5.24. The highest BCUT2D eigenvalue weighted by atomic mass is 35.5. The first-order chi connectivity index (χ1) is 12.9. The molecule has 0 spiro atoms. The number of pyridine rings is 1. The molecule has 4 aromatic rings. The summed E-state index contributed by atoms with van der Waals surface area (Å²) in [4.78, 5) is 15.7. The molecule has 0 fully saturated rings. The molecule has 1 heterocycles. The van der Waals surface area contributed by atoms with E-state index in [1.54, 1.807) is 6.07 Å². The van der Waals surface area contributed by atoms with Crippen molar-refractivity contribution in [3.05, 3.63) is 75.6 Å². The van der Waals surface area contributed by atoms with Gasteiger partial charge in [-0.15, -0.1) is 12.4 Å². The van der Waals surface area contributed by atoms with Crippen molar-refractivity contribution in [2.24, 2.45) is 5.73 Å². The Balaban J connectivity index is 0.00000225. The Morgan fingerprint density at radius 1 is 1.00 bits per heavy atom. The molecule has 5 heteroatoms. The lowest BCUT2D eigenvalue weighted by atomic mass is 9.92. The first-order valence-corrected chi connectivity index (χ1v) is 9.02. The van der Waals surface area contributed by atoms with Gasteiger partial charge in [0.05, 0.1) is 10.9 Å². The van der Waals surface area contributed by atoms with Gasteiger partial charge in [0.25, 0.3) is 5.56 Å². The SMILES string of the molecule is Cc1cc(O)c(-c2ccc([C@@H](C)N)cc2)c2c1[nH]c(=O)c1c(C)cccc12.Cl. The zero-order valence-corrected chi connectivity index (χ0v) is 16.9. The smallest absolute Gasteiger partial charge is 0.256 e. The van der Waals surface area contributed by atoms with E-state index in [0.29, 0.717) is 5.39 Å². The standard InChI is InChI=1S/C23H22N2O2.ClH/c1-12-5-4-6-17-19(12)23(27)25-22-13(2)11-18(26)20(21(17)22)16-9-7-15(8-10-16)14(3)24;/h4-11,14,26H,24H2,1-3H3,(H,25,27);1H/t14-;/m1./s1. The second-order valence-corrected chi connectivity index (χ2v) is 7.20. The Morgan fingerprint density at radius 3 is 2.32 bits per heavy atom. The number of H-pyrrole nitrogens is 1. The number of nitrogens with one attached hydrogen (secondary N) is 1. The molecule has 0 unspecified atom stereocenters. The Kier molecular flexibility index (Phi) is 5.20. The molecule has 4 N–H and O–H groups in total. The molecule has 0 bridgehead atoms. The Labute approximate surface area is 169 Å². The van der Waals surface area contributed by atoms with Crippen LogP contribution in [-0.2, 0) is 0 Å². The average molecular weight is 395 g/mol. The molecule has 144 valence electrons. The van der Waals surface area contributed by atoms with Crippen molar-refractivity contribution in [2.45, 2.75) is 26.8 Å². The number of fused-ring (bicyclic) bond motifs is 3. The van der Waals surface area contributed by atoms with Crippen LogP contribution in [0.25, 0.3) is 32.8 Å². The zero-order valence-electron chi connectivity index (χ0n) is 16.0. The summed E-state index contributed by atoms with van der Waals surface area (Å²) in [5.41, 5.74) is 11.0. The van der Waals surface area contributed by atoms with Crippen LogP contribution in [-0.4, -0.2) is 10.1 Å². The summed E-state index contributed by atoms with van der Waals surface area (Å²) < 4.78 is 0. The number of aromatic amines is 1. The van der Waals surface area contributed by atoms with E-state index in [-0.39, 0.29) is 29.8 Å². The Hall–Kier alpha value is -2.82. The first-order valence-electron chi connectivity index (χ1n) is 9.02. The number of benzene rings is 3. The van der Waals surface area contributed by atoms with Crippen molar-refractivity contribution >= 4 is 34.1 Å². The fraction of sp³-hybridized carbons (Fsp3) is 0.174. The molecule has 0 saturated heterocycles. The molecular weight excluding hydrogens is 372 g/mol. The van der Waals surface area contributed by atoms with Gasteiger partial charge in [0.1, 0.15) is 5.75 Å². The number of rotatable bonds is 2. The normalized spacial score (nSPS) is 12.1. The van der Waals surface area contributed by atoms with E-state index in [0.717, 1.165) is 44.1 Å². The molecule has 4 rings (SSSR count). The lowest BCUT2D eigenvalue weighted by molar-refractivity contribution is 0.477. The Morgan fingerprint density at radius 2 is 1.68 bits per heavy atom. The van der Waals surface area contributed by atoms with Gasteiger partial charge in [0.15, 0.2) is 0 Å². The third-order valence-electron chi connectivity index (χ3n) is 5.24. The van der Waals surface area contributed by atoms with Crippen LogP contribution in [0.15, 0.2) is 53.3 Å². The summed E-state index contributed by atoms with van der Waals surface area (Å²) in [6.45, 7) is 5.76. The maximum absolute atomic E-state index is 12.7. The number of nitrogens with two attached hydrogens (primary N) is 1. The van der Waals surface area contributed by atoms with Crippen LogP contribution in [0.2, 0.25) is 0 Å². The topological polar surface area (TPSA) is 79.1 Å². The number of halogens is 1. The minimum absolute atomic E-state index is 0. The number of hydrogen-bond acceptors (Lipinski definition) is 3. The minimum atomic E-state index is -0.109. The maximum atomic E-state index is 12.7. The molecule has 0 amide bonds. The fourth-order valence-corrected chi connectivity index (χ4v) is 3.83. The number of aryl methyl sites for hydroxylation is 2. The summed E-state index contributed by atoms with van der Waals surface area (Å²) in [6, 6.07) is 15.4. The van der Waals surface area contributed by atoms with Crippen LogP contribution >= 0.6 is 12.4 Å². The maximum Gasteiger partial charge on any atom is 0.256 e. The predicted molar refractivity (Wildman–Crippen MR) is 118 cm³/mol. The molecule has 1 aromatic heterocycles. The van der Waals surface area contributed by atoms with Gasteiger partial charge >= 0.3 is 0 Å².